The van der Waals surface area contributed by atoms with Gasteiger partial charge in [-0.2, -0.15) is 0 Å². The van der Waals surface area contributed by atoms with Gasteiger partial charge in [0.1, 0.15) is 12.6 Å². The summed E-state index contributed by atoms with van der Waals surface area (Å²) in [6.07, 6.45) is 0.0542. The van der Waals surface area contributed by atoms with Crippen LogP contribution in [0.3, 0.4) is 0 Å². The third-order valence-electron chi connectivity index (χ3n) is 2.62. The molecule has 0 saturated carbocycles. The molecule has 0 aliphatic carbocycles. The van der Waals surface area contributed by atoms with E-state index in [0.717, 1.165) is 0 Å². The third kappa shape index (κ3) is 10.1. The number of hydrogen-bond acceptors (Lipinski definition) is 8. The predicted molar refractivity (Wildman–Crippen MR) is 82.2 cm³/mol. The molecule has 24 heavy (non-hydrogen) atoms. The molecule has 0 fully saturated rings. The summed E-state index contributed by atoms with van der Waals surface area (Å²) in [4.78, 5) is 48.4. The molecule has 10 N–H and O–H groups in total. The Morgan fingerprint density at radius 2 is 1.75 bits per heavy atom. The van der Waals surface area contributed by atoms with E-state index < -0.39 is 48.9 Å². The molecule has 0 spiro atoms. The second-order valence-corrected chi connectivity index (χ2v) is 4.77. The summed E-state index contributed by atoms with van der Waals surface area (Å²) in [6, 6.07) is -2.36. The molecule has 0 saturated heterocycles. The lowest BCUT2D eigenvalue weighted by molar-refractivity contribution is -0.162. The number of carbonyl (C=O) groups is 4. The predicted octanol–water partition coefficient (Wildman–Crippen LogP) is -3.64. The number of amides is 1. The number of nitrogens with two attached hydrogens (primary N) is 4. The van der Waals surface area contributed by atoms with Crippen molar-refractivity contribution in [2.45, 2.75) is 31.3 Å². The van der Waals surface area contributed by atoms with Gasteiger partial charge in [0.05, 0.1) is 12.5 Å². The second kappa shape index (κ2) is 10.9. The van der Waals surface area contributed by atoms with E-state index in [0.29, 0.717) is 13.0 Å². The minimum atomic E-state index is -1.47. The normalized spacial score (nSPS) is 12.6. The molecule has 0 aliphatic heterocycles. The van der Waals surface area contributed by atoms with Crippen LogP contribution in [0.2, 0.25) is 0 Å². The average Bonchev–Trinajstić information content (AvgIpc) is 2.47. The Labute approximate surface area is 137 Å². The summed E-state index contributed by atoms with van der Waals surface area (Å²) in [5.74, 6) is -4.28. The zero-order valence-electron chi connectivity index (χ0n) is 12.9. The topological polar surface area (TPSA) is 226 Å². The molecule has 1 amide bonds. The van der Waals surface area contributed by atoms with Crippen molar-refractivity contribution in [1.29, 1.82) is 0 Å². The number of nitrogens with one attached hydrogen (secondary N) is 1. The van der Waals surface area contributed by atoms with Gasteiger partial charge in [0.2, 0.25) is 5.91 Å². The second-order valence-electron chi connectivity index (χ2n) is 4.77. The Balaban J connectivity index is 4.07. The number of carbonyl (C=O) groups excluding carboxylic acids is 3. The summed E-state index contributed by atoms with van der Waals surface area (Å²) in [5, 5.41) is 10.6. The SMILES string of the molecule is NC(N)=NCCC[C@H](N)C(=O)NCC(=O)OC(=O)[C@@H](N)CC(=O)O. The molecule has 0 aromatic heterocycles. The third-order valence-corrected chi connectivity index (χ3v) is 2.62. The Morgan fingerprint density at radius 3 is 2.29 bits per heavy atom. The van der Waals surface area contributed by atoms with Crippen LogP contribution < -0.4 is 28.3 Å². The van der Waals surface area contributed by atoms with Gasteiger partial charge in [0.15, 0.2) is 5.96 Å². The molecule has 0 rings (SSSR count). The van der Waals surface area contributed by atoms with E-state index in [-0.39, 0.29) is 12.4 Å². The van der Waals surface area contributed by atoms with Crippen molar-refractivity contribution < 1.29 is 29.0 Å². The van der Waals surface area contributed by atoms with E-state index in [2.05, 4.69) is 15.0 Å². The van der Waals surface area contributed by atoms with Crippen LogP contribution in [0.25, 0.3) is 0 Å². The number of carboxylic acids is 1. The quantitative estimate of drug-likeness (QED) is 0.0747. The van der Waals surface area contributed by atoms with Crippen molar-refractivity contribution >= 4 is 29.8 Å². The van der Waals surface area contributed by atoms with Crippen molar-refractivity contribution in [3.8, 4) is 0 Å². The van der Waals surface area contributed by atoms with Crippen molar-refractivity contribution in [3.63, 3.8) is 0 Å². The molecular weight excluding hydrogens is 324 g/mol. The number of esters is 2. The van der Waals surface area contributed by atoms with E-state index in [1.54, 1.807) is 0 Å². The number of aliphatic carboxylic acids is 1. The van der Waals surface area contributed by atoms with E-state index in [9.17, 15) is 19.2 Å². The number of rotatable bonds is 10. The fourth-order valence-electron chi connectivity index (χ4n) is 1.44. The molecule has 0 aromatic rings. The van der Waals surface area contributed by atoms with Gasteiger partial charge in [0, 0.05) is 6.54 Å². The van der Waals surface area contributed by atoms with Crippen LogP contribution in [-0.2, 0) is 23.9 Å². The average molecular weight is 346 g/mol. The number of aliphatic imine (C=N–C) groups is 1. The Kier molecular flexibility index (Phi) is 9.67. The molecule has 136 valence electrons. The van der Waals surface area contributed by atoms with E-state index in [1.165, 1.54) is 0 Å². The smallest absolute Gasteiger partial charge is 0.333 e. The van der Waals surface area contributed by atoms with Gasteiger partial charge in [-0.15, -0.1) is 0 Å². The van der Waals surface area contributed by atoms with Crippen LogP contribution in [0.15, 0.2) is 4.99 Å². The van der Waals surface area contributed by atoms with Gasteiger partial charge < -0.3 is 38.1 Å². The first-order chi connectivity index (χ1) is 11.1. The highest BCUT2D eigenvalue weighted by atomic mass is 16.6. The van der Waals surface area contributed by atoms with Crippen LogP contribution in [0, 0.1) is 0 Å². The van der Waals surface area contributed by atoms with Gasteiger partial charge in [0.25, 0.3) is 0 Å². The van der Waals surface area contributed by atoms with Gasteiger partial charge in [-0.1, -0.05) is 0 Å². The summed E-state index contributed by atoms with van der Waals surface area (Å²) in [7, 11) is 0. The van der Waals surface area contributed by atoms with E-state index in [1.807, 2.05) is 0 Å². The summed E-state index contributed by atoms with van der Waals surface area (Å²) < 4.78 is 4.30. The highest BCUT2D eigenvalue weighted by Gasteiger charge is 2.22. The lowest BCUT2D eigenvalue weighted by atomic mass is 10.1. The highest BCUT2D eigenvalue weighted by Crippen LogP contribution is 1.96. The summed E-state index contributed by atoms with van der Waals surface area (Å²) in [5.41, 5.74) is 21.1. The van der Waals surface area contributed by atoms with Crippen LogP contribution in [0.1, 0.15) is 19.3 Å². The molecule has 0 radical (unpaired) electrons. The lowest BCUT2D eigenvalue weighted by Crippen LogP contribution is -2.44. The maximum absolute atomic E-state index is 11.6. The molecule has 0 aliphatic rings. The van der Waals surface area contributed by atoms with Gasteiger partial charge in [-0.05, 0) is 12.8 Å². The minimum absolute atomic E-state index is 0.0680. The number of carboxylic acid groups (broad SMARTS) is 1. The zero-order valence-corrected chi connectivity index (χ0v) is 12.9. The first-order valence-electron chi connectivity index (χ1n) is 6.94. The molecule has 2 atom stereocenters. The molecule has 0 unspecified atom stereocenters. The maximum atomic E-state index is 11.6. The van der Waals surface area contributed by atoms with Crippen LogP contribution in [-0.4, -0.2) is 60.1 Å². The number of guanidine groups is 1. The number of ether oxygens (including phenoxy) is 1. The standard InChI is InChI=1S/C12H22N6O6/c13-6(2-1-3-17-12(15)16)10(22)18-5-9(21)24-11(23)7(14)4-8(19)20/h6-7H,1-5,13-14H2,(H,18,22)(H,19,20)(H4,15,16,17)/t6-,7-/m0/s1. The Bertz CT molecular complexity index is 504. The largest absolute Gasteiger partial charge is 0.481 e. The van der Waals surface area contributed by atoms with Crippen molar-refractivity contribution in [2.24, 2.45) is 27.9 Å². The minimum Gasteiger partial charge on any atom is -0.481 e. The van der Waals surface area contributed by atoms with Crippen LogP contribution in [0.5, 0.6) is 0 Å². The fourth-order valence-corrected chi connectivity index (χ4v) is 1.44. The molecule has 12 nitrogen and oxygen atoms in total. The van der Waals surface area contributed by atoms with Crippen LogP contribution >= 0.6 is 0 Å². The zero-order chi connectivity index (χ0) is 18.7. The van der Waals surface area contributed by atoms with Gasteiger partial charge in [-0.25, -0.2) is 9.59 Å². The first-order valence-corrected chi connectivity index (χ1v) is 6.94. The monoisotopic (exact) mass is 346 g/mol. The van der Waals surface area contributed by atoms with Gasteiger partial charge in [-0.3, -0.25) is 14.6 Å². The number of nitrogens with zero attached hydrogens (tertiary/aromatic N) is 1. The van der Waals surface area contributed by atoms with Gasteiger partial charge >= 0.3 is 17.9 Å². The van der Waals surface area contributed by atoms with E-state index >= 15 is 0 Å². The van der Waals surface area contributed by atoms with Crippen LogP contribution in [0.4, 0.5) is 0 Å². The fraction of sp³-hybridized carbons (Fsp3) is 0.583. The Morgan fingerprint density at radius 1 is 1.12 bits per heavy atom. The first kappa shape index (κ1) is 21.3. The van der Waals surface area contributed by atoms with Crippen molar-refractivity contribution in [2.75, 3.05) is 13.1 Å². The maximum Gasteiger partial charge on any atom is 0.333 e. The molecule has 0 heterocycles. The molecule has 12 heteroatoms. The van der Waals surface area contributed by atoms with E-state index in [4.69, 9.17) is 28.0 Å². The summed E-state index contributed by atoms with van der Waals surface area (Å²) in [6.45, 7) is -0.298. The highest BCUT2D eigenvalue weighted by molar-refractivity contribution is 5.93. The summed E-state index contributed by atoms with van der Waals surface area (Å²) >= 11 is 0. The molecule has 0 bridgehead atoms. The molecular formula is C12H22N6O6. The van der Waals surface area contributed by atoms with Crippen molar-refractivity contribution in [3.05, 3.63) is 0 Å². The Hall–Kier alpha value is -2.73. The number of hydrogen-bond donors (Lipinski definition) is 6. The van der Waals surface area contributed by atoms with Crippen molar-refractivity contribution in [1.82, 2.24) is 5.32 Å². The lowest BCUT2D eigenvalue weighted by Gasteiger charge is -2.12. The molecule has 0 aromatic carbocycles.